The van der Waals surface area contributed by atoms with E-state index in [0.29, 0.717) is 10.7 Å². The van der Waals surface area contributed by atoms with Crippen molar-refractivity contribution in [2.24, 2.45) is 0 Å². The van der Waals surface area contributed by atoms with Crippen LogP contribution >= 0.6 is 22.9 Å². The summed E-state index contributed by atoms with van der Waals surface area (Å²) >= 11 is 7.58. The Bertz CT molecular complexity index is 600. The Morgan fingerprint density at radius 3 is 2.85 bits per heavy atom. The van der Waals surface area contributed by atoms with E-state index in [0.717, 1.165) is 10.7 Å². The van der Waals surface area contributed by atoms with Crippen LogP contribution in [0.1, 0.15) is 23.7 Å². The van der Waals surface area contributed by atoms with E-state index in [4.69, 9.17) is 11.6 Å². The molecular weight excluding hydrogens is 294 g/mol. The standard InChI is InChI=1S/C14H16ClN3OS/c1-9-8-20-14(17-9)10(2)16-7-13(19)18-12-6-4-3-5-11(12)15/h3-6,8,10,16H,7H2,1-2H3,(H,18,19). The fourth-order valence-electron chi connectivity index (χ4n) is 1.66. The number of thiazole rings is 1. The molecule has 0 radical (unpaired) electrons. The summed E-state index contributed by atoms with van der Waals surface area (Å²) in [5.74, 6) is -0.127. The molecule has 0 bridgehead atoms. The molecule has 0 saturated carbocycles. The van der Waals surface area contributed by atoms with Crippen molar-refractivity contribution in [3.63, 3.8) is 0 Å². The zero-order valence-electron chi connectivity index (χ0n) is 11.3. The molecule has 1 atom stereocenters. The first kappa shape index (κ1) is 15.0. The fourth-order valence-corrected chi connectivity index (χ4v) is 2.67. The van der Waals surface area contributed by atoms with Crippen molar-refractivity contribution < 1.29 is 4.79 Å². The number of carbonyl (C=O) groups is 1. The van der Waals surface area contributed by atoms with Gasteiger partial charge >= 0.3 is 0 Å². The topological polar surface area (TPSA) is 54.0 Å². The van der Waals surface area contributed by atoms with E-state index >= 15 is 0 Å². The Labute approximate surface area is 127 Å². The Kier molecular flexibility index (Phi) is 5.11. The summed E-state index contributed by atoms with van der Waals surface area (Å²) < 4.78 is 0. The van der Waals surface area contributed by atoms with Gasteiger partial charge in [0.05, 0.1) is 23.3 Å². The summed E-state index contributed by atoms with van der Waals surface area (Å²) in [6.45, 7) is 4.16. The number of rotatable bonds is 5. The van der Waals surface area contributed by atoms with E-state index in [1.807, 2.05) is 31.4 Å². The number of aryl methyl sites for hydroxylation is 1. The minimum absolute atomic E-state index is 0.0469. The lowest BCUT2D eigenvalue weighted by atomic mass is 10.3. The minimum Gasteiger partial charge on any atom is -0.324 e. The smallest absolute Gasteiger partial charge is 0.238 e. The predicted octanol–water partition coefficient (Wildman–Crippen LogP) is 3.39. The molecule has 2 N–H and O–H groups in total. The zero-order valence-corrected chi connectivity index (χ0v) is 12.9. The van der Waals surface area contributed by atoms with Crippen molar-refractivity contribution in [3.8, 4) is 0 Å². The van der Waals surface area contributed by atoms with Crippen LogP contribution in [0.4, 0.5) is 5.69 Å². The van der Waals surface area contributed by atoms with Crippen molar-refractivity contribution in [2.75, 3.05) is 11.9 Å². The second kappa shape index (κ2) is 6.83. The average Bonchev–Trinajstić information content (AvgIpc) is 2.85. The quantitative estimate of drug-likeness (QED) is 0.890. The summed E-state index contributed by atoms with van der Waals surface area (Å²) in [5.41, 5.74) is 1.62. The van der Waals surface area contributed by atoms with Gasteiger partial charge < -0.3 is 5.32 Å². The summed E-state index contributed by atoms with van der Waals surface area (Å²) in [6.07, 6.45) is 0. The zero-order chi connectivity index (χ0) is 14.5. The van der Waals surface area contributed by atoms with Gasteiger partial charge in [-0.05, 0) is 26.0 Å². The van der Waals surface area contributed by atoms with Crippen molar-refractivity contribution >= 4 is 34.5 Å². The largest absolute Gasteiger partial charge is 0.324 e. The number of anilines is 1. The number of aromatic nitrogens is 1. The number of hydrogen-bond acceptors (Lipinski definition) is 4. The summed E-state index contributed by atoms with van der Waals surface area (Å²) in [4.78, 5) is 16.2. The lowest BCUT2D eigenvalue weighted by molar-refractivity contribution is -0.115. The maximum Gasteiger partial charge on any atom is 0.238 e. The number of para-hydroxylation sites is 1. The second-order valence-electron chi connectivity index (χ2n) is 4.46. The molecule has 6 heteroatoms. The molecule has 1 aromatic carbocycles. The molecule has 0 spiro atoms. The van der Waals surface area contributed by atoms with Crippen molar-refractivity contribution in [2.45, 2.75) is 19.9 Å². The molecule has 0 aliphatic rings. The fraction of sp³-hybridized carbons (Fsp3) is 0.286. The maximum absolute atomic E-state index is 11.9. The van der Waals surface area contributed by atoms with E-state index in [1.165, 1.54) is 0 Å². The van der Waals surface area contributed by atoms with Gasteiger partial charge in [0.1, 0.15) is 5.01 Å². The van der Waals surface area contributed by atoms with Gasteiger partial charge in [-0.1, -0.05) is 23.7 Å². The Morgan fingerprint density at radius 1 is 1.45 bits per heavy atom. The highest BCUT2D eigenvalue weighted by Crippen LogP contribution is 2.20. The molecule has 1 heterocycles. The monoisotopic (exact) mass is 309 g/mol. The van der Waals surface area contributed by atoms with E-state index in [2.05, 4.69) is 15.6 Å². The van der Waals surface area contributed by atoms with Gasteiger partial charge in [0, 0.05) is 11.1 Å². The van der Waals surface area contributed by atoms with Crippen LogP contribution in [-0.4, -0.2) is 17.4 Å². The normalized spacial score (nSPS) is 12.2. The summed E-state index contributed by atoms with van der Waals surface area (Å²) in [5, 5.41) is 9.43. The number of carbonyl (C=O) groups excluding carboxylic acids is 1. The lowest BCUT2D eigenvalue weighted by Gasteiger charge is -2.11. The third-order valence-corrected chi connectivity index (χ3v) is 4.20. The molecule has 20 heavy (non-hydrogen) atoms. The van der Waals surface area contributed by atoms with Crippen LogP contribution in [0.3, 0.4) is 0 Å². The van der Waals surface area contributed by atoms with Crippen LogP contribution < -0.4 is 10.6 Å². The highest BCUT2D eigenvalue weighted by molar-refractivity contribution is 7.09. The molecule has 1 aromatic heterocycles. The van der Waals surface area contributed by atoms with Crippen LogP contribution in [0.2, 0.25) is 5.02 Å². The highest BCUT2D eigenvalue weighted by Gasteiger charge is 2.11. The molecule has 0 aliphatic carbocycles. The molecule has 106 valence electrons. The Hall–Kier alpha value is -1.43. The van der Waals surface area contributed by atoms with Gasteiger partial charge in [-0.25, -0.2) is 4.98 Å². The lowest BCUT2D eigenvalue weighted by Crippen LogP contribution is -2.30. The molecule has 2 aromatic rings. The second-order valence-corrected chi connectivity index (χ2v) is 5.75. The first-order chi connectivity index (χ1) is 9.56. The van der Waals surface area contributed by atoms with E-state index in [9.17, 15) is 4.79 Å². The molecule has 1 amide bonds. The third-order valence-electron chi connectivity index (χ3n) is 2.72. The van der Waals surface area contributed by atoms with Crippen LogP contribution in [-0.2, 0) is 4.79 Å². The maximum atomic E-state index is 11.9. The minimum atomic E-state index is -0.127. The van der Waals surface area contributed by atoms with Gasteiger partial charge in [-0.15, -0.1) is 11.3 Å². The Morgan fingerprint density at radius 2 is 2.20 bits per heavy atom. The first-order valence-corrected chi connectivity index (χ1v) is 7.52. The molecule has 1 unspecified atom stereocenters. The van der Waals surface area contributed by atoms with Crippen LogP contribution in [0.5, 0.6) is 0 Å². The number of halogens is 1. The number of nitrogens with one attached hydrogen (secondary N) is 2. The Balaban J connectivity index is 1.85. The van der Waals surface area contributed by atoms with E-state index < -0.39 is 0 Å². The number of amides is 1. The third kappa shape index (κ3) is 4.03. The van der Waals surface area contributed by atoms with Gasteiger partial charge in [0.25, 0.3) is 0 Å². The van der Waals surface area contributed by atoms with Crippen LogP contribution in [0.15, 0.2) is 29.6 Å². The van der Waals surface area contributed by atoms with Crippen molar-refractivity contribution in [1.82, 2.24) is 10.3 Å². The summed E-state index contributed by atoms with van der Waals surface area (Å²) in [7, 11) is 0. The van der Waals surface area contributed by atoms with Crippen LogP contribution in [0, 0.1) is 6.92 Å². The van der Waals surface area contributed by atoms with Crippen molar-refractivity contribution in [1.29, 1.82) is 0 Å². The number of hydrogen-bond donors (Lipinski definition) is 2. The highest BCUT2D eigenvalue weighted by atomic mass is 35.5. The molecule has 2 rings (SSSR count). The van der Waals surface area contributed by atoms with Gasteiger partial charge in [0.15, 0.2) is 0 Å². The first-order valence-electron chi connectivity index (χ1n) is 6.26. The van der Waals surface area contributed by atoms with Gasteiger partial charge in [-0.3, -0.25) is 10.1 Å². The predicted molar refractivity (Wildman–Crippen MR) is 83.4 cm³/mol. The number of nitrogens with zero attached hydrogens (tertiary/aromatic N) is 1. The molecule has 4 nitrogen and oxygen atoms in total. The molecular formula is C14H16ClN3OS. The van der Waals surface area contributed by atoms with Crippen LogP contribution in [0.25, 0.3) is 0 Å². The molecule has 0 saturated heterocycles. The van der Waals surface area contributed by atoms with Crippen molar-refractivity contribution in [3.05, 3.63) is 45.4 Å². The molecule has 0 aliphatic heterocycles. The van der Waals surface area contributed by atoms with Gasteiger partial charge in [0.2, 0.25) is 5.91 Å². The van der Waals surface area contributed by atoms with Gasteiger partial charge in [-0.2, -0.15) is 0 Å². The SMILES string of the molecule is Cc1csc(C(C)NCC(=O)Nc2ccccc2Cl)n1. The van der Waals surface area contributed by atoms with E-state index in [-0.39, 0.29) is 18.5 Å². The summed E-state index contributed by atoms with van der Waals surface area (Å²) in [6, 6.07) is 7.21. The molecule has 0 fully saturated rings. The van der Waals surface area contributed by atoms with E-state index in [1.54, 1.807) is 23.5 Å². The number of benzene rings is 1. The average molecular weight is 310 g/mol.